The molecular weight excluding hydrogens is 382 g/mol. The molecule has 4 aliphatic carbocycles. The van der Waals surface area contributed by atoms with Crippen molar-refractivity contribution in [3.05, 3.63) is 24.3 Å². The van der Waals surface area contributed by atoms with Crippen molar-refractivity contribution < 1.29 is 23.8 Å². The van der Waals surface area contributed by atoms with E-state index < -0.39 is 0 Å². The van der Waals surface area contributed by atoms with Gasteiger partial charge in [0.25, 0.3) is 0 Å². The number of amides is 1. The van der Waals surface area contributed by atoms with E-state index in [4.69, 9.17) is 14.2 Å². The zero-order valence-electron chi connectivity index (χ0n) is 18.1. The Morgan fingerprint density at radius 3 is 2.37 bits per heavy atom. The largest absolute Gasteiger partial charge is 0.494 e. The lowest BCUT2D eigenvalue weighted by Crippen LogP contribution is -2.62. The van der Waals surface area contributed by atoms with Gasteiger partial charge in [0.1, 0.15) is 5.75 Å². The van der Waals surface area contributed by atoms with Gasteiger partial charge in [-0.2, -0.15) is 0 Å². The van der Waals surface area contributed by atoms with Crippen LogP contribution in [0.1, 0.15) is 58.3 Å². The van der Waals surface area contributed by atoms with Crippen LogP contribution in [0.3, 0.4) is 0 Å². The Balaban J connectivity index is 1.48. The van der Waals surface area contributed by atoms with E-state index in [1.165, 1.54) is 26.4 Å². The normalized spacial score (nSPS) is 28.8. The molecule has 30 heavy (non-hydrogen) atoms. The van der Waals surface area contributed by atoms with Crippen LogP contribution in [-0.2, 0) is 14.3 Å². The van der Waals surface area contributed by atoms with Crippen LogP contribution in [0.4, 0.5) is 10.5 Å². The summed E-state index contributed by atoms with van der Waals surface area (Å²) in [6.45, 7) is 2.63. The molecule has 1 amide bonds. The molecule has 6 nitrogen and oxygen atoms in total. The molecule has 0 atom stereocenters. The maximum absolute atomic E-state index is 12.9. The van der Waals surface area contributed by atoms with E-state index in [1.54, 1.807) is 6.92 Å². The fourth-order valence-electron chi connectivity index (χ4n) is 6.36. The molecule has 0 spiro atoms. The number of anilines is 1. The Morgan fingerprint density at radius 2 is 1.77 bits per heavy atom. The molecule has 4 bridgehead atoms. The smallest absolute Gasteiger partial charge is 0.414 e. The van der Waals surface area contributed by atoms with Crippen molar-refractivity contribution in [3.8, 4) is 5.75 Å². The fraction of sp³-hybridized carbons (Fsp3) is 0.667. The summed E-state index contributed by atoms with van der Waals surface area (Å²) in [4.78, 5) is 26.3. The molecule has 5 rings (SSSR count). The van der Waals surface area contributed by atoms with Gasteiger partial charge >= 0.3 is 12.1 Å². The number of ether oxygens (including phenoxy) is 3. The molecule has 164 valence electrons. The van der Waals surface area contributed by atoms with Crippen molar-refractivity contribution in [2.24, 2.45) is 17.8 Å². The Labute approximate surface area is 178 Å². The molecule has 0 N–H and O–H groups in total. The third-order valence-electron chi connectivity index (χ3n) is 7.01. The van der Waals surface area contributed by atoms with Gasteiger partial charge in [-0.05, 0) is 81.8 Å². The molecule has 0 aromatic heterocycles. The van der Waals surface area contributed by atoms with E-state index in [0.717, 1.165) is 42.7 Å². The SMILES string of the molecule is CCOC(=O)CCCOc1cccc(N(C(=O)OC)C23CC4CC(CC(C4)C2)C3)c1. The van der Waals surface area contributed by atoms with Gasteiger partial charge < -0.3 is 14.2 Å². The number of nitrogens with zero attached hydrogens (tertiary/aromatic N) is 1. The van der Waals surface area contributed by atoms with Crippen LogP contribution in [0.25, 0.3) is 0 Å². The second-order valence-corrected chi connectivity index (χ2v) is 9.20. The molecule has 1 aromatic carbocycles. The predicted molar refractivity (Wildman–Crippen MR) is 114 cm³/mol. The summed E-state index contributed by atoms with van der Waals surface area (Å²) in [5.74, 6) is 2.69. The van der Waals surface area contributed by atoms with Crippen molar-refractivity contribution in [1.29, 1.82) is 0 Å². The molecular formula is C24H33NO5. The van der Waals surface area contributed by atoms with E-state index in [-0.39, 0.29) is 17.6 Å². The van der Waals surface area contributed by atoms with Gasteiger partial charge in [0.15, 0.2) is 0 Å². The summed E-state index contributed by atoms with van der Waals surface area (Å²) < 4.78 is 16.1. The molecule has 6 heteroatoms. The lowest BCUT2D eigenvalue weighted by molar-refractivity contribution is -0.143. The van der Waals surface area contributed by atoms with E-state index >= 15 is 0 Å². The standard InChI is InChI=1S/C24H33NO5/c1-3-29-22(26)8-5-9-30-21-7-4-6-20(13-21)25(23(27)28-2)24-14-17-10-18(15-24)12-19(11-17)16-24/h4,6-7,13,17-19H,3,5,8-12,14-16H2,1-2H3. The zero-order valence-corrected chi connectivity index (χ0v) is 18.1. The Morgan fingerprint density at radius 1 is 1.10 bits per heavy atom. The number of methoxy groups -OCH3 is 1. The summed E-state index contributed by atoms with van der Waals surface area (Å²) in [5, 5.41) is 0. The van der Waals surface area contributed by atoms with Gasteiger partial charge in [0.2, 0.25) is 0 Å². The highest BCUT2D eigenvalue weighted by Crippen LogP contribution is 2.58. The lowest BCUT2D eigenvalue weighted by atomic mass is 9.52. The maximum Gasteiger partial charge on any atom is 0.414 e. The monoisotopic (exact) mass is 415 g/mol. The van der Waals surface area contributed by atoms with Gasteiger partial charge in [0, 0.05) is 12.5 Å². The van der Waals surface area contributed by atoms with Crippen molar-refractivity contribution in [3.63, 3.8) is 0 Å². The van der Waals surface area contributed by atoms with E-state index in [9.17, 15) is 9.59 Å². The quantitative estimate of drug-likeness (QED) is 0.444. The summed E-state index contributed by atoms with van der Waals surface area (Å²) in [6.07, 6.45) is 7.81. The number of carbonyl (C=O) groups is 2. The van der Waals surface area contributed by atoms with Gasteiger partial charge in [-0.25, -0.2) is 4.79 Å². The minimum absolute atomic E-state index is 0.135. The maximum atomic E-state index is 12.9. The predicted octanol–water partition coefficient (Wildman–Crippen LogP) is 4.95. The molecule has 1 aromatic rings. The highest BCUT2D eigenvalue weighted by molar-refractivity contribution is 5.89. The molecule has 4 fully saturated rings. The molecule has 0 aliphatic heterocycles. The number of hydrogen-bond donors (Lipinski definition) is 0. The number of hydrogen-bond acceptors (Lipinski definition) is 5. The van der Waals surface area contributed by atoms with Gasteiger partial charge in [-0.1, -0.05) is 6.07 Å². The Kier molecular flexibility index (Phi) is 6.21. The third kappa shape index (κ3) is 4.28. The molecule has 0 saturated heterocycles. The highest BCUT2D eigenvalue weighted by Gasteiger charge is 2.55. The molecule has 0 unspecified atom stereocenters. The summed E-state index contributed by atoms with van der Waals surface area (Å²) in [7, 11) is 1.46. The Hall–Kier alpha value is -2.24. The first-order valence-corrected chi connectivity index (χ1v) is 11.3. The minimum Gasteiger partial charge on any atom is -0.494 e. The van der Waals surface area contributed by atoms with Crippen molar-refractivity contribution >= 4 is 17.7 Å². The summed E-state index contributed by atoms with van der Waals surface area (Å²) in [6, 6.07) is 7.72. The Bertz CT molecular complexity index is 741. The van der Waals surface area contributed by atoms with E-state index in [2.05, 4.69) is 0 Å². The van der Waals surface area contributed by atoms with Crippen LogP contribution >= 0.6 is 0 Å². The van der Waals surface area contributed by atoms with Gasteiger partial charge in [-0.15, -0.1) is 0 Å². The molecule has 0 radical (unpaired) electrons. The van der Waals surface area contributed by atoms with Gasteiger partial charge in [0.05, 0.1) is 31.5 Å². The highest BCUT2D eigenvalue weighted by atomic mass is 16.5. The van der Waals surface area contributed by atoms with Crippen molar-refractivity contribution in [2.75, 3.05) is 25.2 Å². The van der Waals surface area contributed by atoms with Crippen LogP contribution in [-0.4, -0.2) is 37.9 Å². The molecule has 0 heterocycles. The first-order valence-electron chi connectivity index (χ1n) is 11.3. The van der Waals surface area contributed by atoms with Crippen LogP contribution in [0, 0.1) is 17.8 Å². The van der Waals surface area contributed by atoms with E-state index in [1.807, 2.05) is 29.2 Å². The summed E-state index contributed by atoms with van der Waals surface area (Å²) in [5.41, 5.74) is 0.705. The second-order valence-electron chi connectivity index (χ2n) is 9.20. The van der Waals surface area contributed by atoms with Crippen LogP contribution < -0.4 is 9.64 Å². The fourth-order valence-corrected chi connectivity index (χ4v) is 6.36. The topological polar surface area (TPSA) is 65.1 Å². The average Bonchev–Trinajstić information content (AvgIpc) is 2.70. The number of benzene rings is 1. The van der Waals surface area contributed by atoms with Crippen LogP contribution in [0.2, 0.25) is 0 Å². The summed E-state index contributed by atoms with van der Waals surface area (Å²) >= 11 is 0. The first-order chi connectivity index (χ1) is 14.5. The number of carbonyl (C=O) groups excluding carboxylic acids is 2. The number of esters is 1. The lowest BCUT2D eigenvalue weighted by Gasteiger charge is -2.59. The average molecular weight is 416 g/mol. The first kappa shape index (κ1) is 21.0. The minimum atomic E-state index is -0.281. The third-order valence-corrected chi connectivity index (χ3v) is 7.01. The van der Waals surface area contributed by atoms with E-state index in [0.29, 0.717) is 31.8 Å². The zero-order chi connectivity index (χ0) is 21.1. The van der Waals surface area contributed by atoms with Crippen molar-refractivity contribution in [1.82, 2.24) is 0 Å². The van der Waals surface area contributed by atoms with Crippen LogP contribution in [0.5, 0.6) is 5.75 Å². The molecule has 4 aliphatic rings. The number of rotatable bonds is 8. The van der Waals surface area contributed by atoms with Crippen molar-refractivity contribution in [2.45, 2.75) is 63.8 Å². The second kappa shape index (κ2) is 8.86. The molecule has 4 saturated carbocycles. The van der Waals surface area contributed by atoms with Crippen LogP contribution in [0.15, 0.2) is 24.3 Å². The van der Waals surface area contributed by atoms with Gasteiger partial charge in [-0.3, -0.25) is 9.69 Å².